The van der Waals surface area contributed by atoms with E-state index in [4.69, 9.17) is 0 Å². The summed E-state index contributed by atoms with van der Waals surface area (Å²) in [5, 5.41) is 11.0. The number of para-hydroxylation sites is 1. The molecule has 4 rings (SSSR count). The van der Waals surface area contributed by atoms with Crippen molar-refractivity contribution < 1.29 is 4.79 Å². The summed E-state index contributed by atoms with van der Waals surface area (Å²) < 4.78 is 0. The number of amides is 1. The van der Waals surface area contributed by atoms with Gasteiger partial charge in [-0.2, -0.15) is 5.10 Å². The summed E-state index contributed by atoms with van der Waals surface area (Å²) in [7, 11) is 0. The molecule has 1 fully saturated rings. The number of hydrogen-bond donors (Lipinski definition) is 2. The number of carbonyl (C=O) groups is 1. The van der Waals surface area contributed by atoms with Gasteiger partial charge >= 0.3 is 0 Å². The van der Waals surface area contributed by atoms with Crippen LogP contribution in [0.4, 0.5) is 0 Å². The minimum Gasteiger partial charge on any atom is -0.350 e. The Labute approximate surface area is 134 Å². The Morgan fingerprint density at radius 2 is 1.83 bits per heavy atom. The first-order valence-corrected chi connectivity index (χ1v) is 8.01. The maximum atomic E-state index is 12.5. The Kier molecular flexibility index (Phi) is 3.37. The summed E-state index contributed by atoms with van der Waals surface area (Å²) in [5.74, 6) is -0.0956. The number of fused-ring (bicyclic) bond motifs is 1. The van der Waals surface area contributed by atoms with Gasteiger partial charge in [-0.1, -0.05) is 48.5 Å². The Morgan fingerprint density at radius 1 is 1.09 bits per heavy atom. The molecule has 0 saturated heterocycles. The predicted molar refractivity (Wildman–Crippen MR) is 90.2 cm³/mol. The van der Waals surface area contributed by atoms with Crippen LogP contribution >= 0.6 is 0 Å². The molecule has 23 heavy (non-hydrogen) atoms. The van der Waals surface area contributed by atoms with E-state index in [9.17, 15) is 4.79 Å². The highest BCUT2D eigenvalue weighted by molar-refractivity contribution is 6.04. The van der Waals surface area contributed by atoms with Crippen LogP contribution in [0.2, 0.25) is 0 Å². The van der Waals surface area contributed by atoms with E-state index in [0.717, 1.165) is 17.3 Å². The number of nitrogens with zero attached hydrogens (tertiary/aromatic N) is 1. The second-order valence-corrected chi connectivity index (χ2v) is 6.46. The van der Waals surface area contributed by atoms with E-state index in [1.165, 1.54) is 18.4 Å². The van der Waals surface area contributed by atoms with Crippen molar-refractivity contribution in [3.8, 4) is 0 Å². The van der Waals surface area contributed by atoms with E-state index < -0.39 is 0 Å². The largest absolute Gasteiger partial charge is 0.350 e. The lowest BCUT2D eigenvalue weighted by Crippen LogP contribution is -2.31. The molecular formula is C19H19N3O. The maximum Gasteiger partial charge on any atom is 0.272 e. The SMILES string of the molecule is O=C(NCC1(Cc2ccccc2)CC1)c1n[nH]c2ccccc12. The fraction of sp³-hybridized carbons (Fsp3) is 0.263. The summed E-state index contributed by atoms with van der Waals surface area (Å²) >= 11 is 0. The number of carbonyl (C=O) groups excluding carboxylic acids is 1. The molecule has 1 aliphatic rings. The Balaban J connectivity index is 1.44. The van der Waals surface area contributed by atoms with Crippen molar-refractivity contribution >= 4 is 16.8 Å². The maximum absolute atomic E-state index is 12.5. The molecule has 0 aliphatic heterocycles. The Hall–Kier alpha value is -2.62. The van der Waals surface area contributed by atoms with E-state index >= 15 is 0 Å². The molecule has 0 spiro atoms. The number of benzene rings is 2. The second kappa shape index (κ2) is 5.54. The van der Waals surface area contributed by atoms with Gasteiger partial charge in [0.15, 0.2) is 5.69 Å². The van der Waals surface area contributed by atoms with Gasteiger partial charge in [-0.15, -0.1) is 0 Å². The van der Waals surface area contributed by atoms with Crippen LogP contribution in [-0.2, 0) is 6.42 Å². The summed E-state index contributed by atoms with van der Waals surface area (Å²) in [6, 6.07) is 18.2. The number of hydrogen-bond acceptors (Lipinski definition) is 2. The summed E-state index contributed by atoms with van der Waals surface area (Å²) in [4.78, 5) is 12.5. The summed E-state index contributed by atoms with van der Waals surface area (Å²) in [6.07, 6.45) is 3.36. The molecule has 4 nitrogen and oxygen atoms in total. The fourth-order valence-electron chi connectivity index (χ4n) is 3.11. The van der Waals surface area contributed by atoms with Crippen LogP contribution in [0.3, 0.4) is 0 Å². The van der Waals surface area contributed by atoms with Gasteiger partial charge in [0.05, 0.1) is 5.52 Å². The van der Waals surface area contributed by atoms with Gasteiger partial charge in [-0.3, -0.25) is 9.89 Å². The Morgan fingerprint density at radius 3 is 2.61 bits per heavy atom. The molecule has 1 aliphatic carbocycles. The number of H-pyrrole nitrogens is 1. The molecule has 2 aromatic carbocycles. The average Bonchev–Trinajstić information content (AvgIpc) is 3.21. The minimum atomic E-state index is -0.0956. The highest BCUT2D eigenvalue weighted by Crippen LogP contribution is 2.47. The first-order chi connectivity index (χ1) is 11.3. The smallest absolute Gasteiger partial charge is 0.272 e. The van der Waals surface area contributed by atoms with Gasteiger partial charge < -0.3 is 5.32 Å². The number of nitrogens with one attached hydrogen (secondary N) is 2. The van der Waals surface area contributed by atoms with Crippen LogP contribution in [0.5, 0.6) is 0 Å². The summed E-state index contributed by atoms with van der Waals surface area (Å²) in [6.45, 7) is 0.710. The molecule has 3 aromatic rings. The normalized spacial score (nSPS) is 15.5. The standard InChI is InChI=1S/C19H19N3O/c23-18(17-15-8-4-5-9-16(15)21-22-17)20-13-19(10-11-19)12-14-6-2-1-3-7-14/h1-9H,10-13H2,(H,20,23)(H,21,22). The van der Waals surface area contributed by atoms with Crippen molar-refractivity contribution in [1.82, 2.24) is 15.5 Å². The van der Waals surface area contributed by atoms with Crippen molar-refractivity contribution in [3.63, 3.8) is 0 Å². The average molecular weight is 305 g/mol. The zero-order valence-electron chi connectivity index (χ0n) is 12.9. The first-order valence-electron chi connectivity index (χ1n) is 8.01. The molecule has 1 aromatic heterocycles. The molecule has 0 radical (unpaired) electrons. The number of aromatic amines is 1. The topological polar surface area (TPSA) is 57.8 Å². The van der Waals surface area contributed by atoms with Crippen molar-refractivity contribution in [2.45, 2.75) is 19.3 Å². The zero-order valence-corrected chi connectivity index (χ0v) is 12.9. The highest BCUT2D eigenvalue weighted by Gasteiger charge is 2.42. The van der Waals surface area contributed by atoms with Crippen LogP contribution in [0.25, 0.3) is 10.9 Å². The first kappa shape index (κ1) is 14.0. The molecule has 4 heteroatoms. The third kappa shape index (κ3) is 2.84. The van der Waals surface area contributed by atoms with Crippen LogP contribution in [0.1, 0.15) is 28.9 Å². The van der Waals surface area contributed by atoms with Crippen LogP contribution in [0, 0.1) is 5.41 Å². The van der Waals surface area contributed by atoms with Gasteiger partial charge in [-0.25, -0.2) is 0 Å². The minimum absolute atomic E-state index is 0.0956. The van der Waals surface area contributed by atoms with Crippen LogP contribution in [0.15, 0.2) is 54.6 Å². The second-order valence-electron chi connectivity index (χ2n) is 6.46. The zero-order chi connectivity index (χ0) is 15.7. The van der Waals surface area contributed by atoms with Gasteiger partial charge in [-0.05, 0) is 36.3 Å². The lowest BCUT2D eigenvalue weighted by atomic mass is 9.96. The quantitative estimate of drug-likeness (QED) is 0.759. The van der Waals surface area contributed by atoms with E-state index in [-0.39, 0.29) is 11.3 Å². The van der Waals surface area contributed by atoms with Crippen molar-refractivity contribution in [1.29, 1.82) is 0 Å². The monoisotopic (exact) mass is 305 g/mol. The van der Waals surface area contributed by atoms with E-state index in [1.807, 2.05) is 30.3 Å². The summed E-state index contributed by atoms with van der Waals surface area (Å²) in [5.41, 5.74) is 2.94. The molecule has 0 bridgehead atoms. The molecule has 0 unspecified atom stereocenters. The van der Waals surface area contributed by atoms with Crippen molar-refractivity contribution in [3.05, 3.63) is 65.9 Å². The number of aromatic nitrogens is 2. The van der Waals surface area contributed by atoms with E-state index in [1.54, 1.807) is 0 Å². The molecule has 2 N–H and O–H groups in total. The van der Waals surface area contributed by atoms with E-state index in [0.29, 0.717) is 12.2 Å². The third-order valence-electron chi connectivity index (χ3n) is 4.69. The van der Waals surface area contributed by atoms with Crippen LogP contribution < -0.4 is 5.32 Å². The highest BCUT2D eigenvalue weighted by atomic mass is 16.1. The molecular weight excluding hydrogens is 286 g/mol. The van der Waals surface area contributed by atoms with Gasteiger partial charge in [0.2, 0.25) is 0 Å². The molecule has 1 heterocycles. The van der Waals surface area contributed by atoms with Gasteiger partial charge in [0.1, 0.15) is 0 Å². The predicted octanol–water partition coefficient (Wildman–Crippen LogP) is 3.32. The van der Waals surface area contributed by atoms with Crippen molar-refractivity contribution in [2.24, 2.45) is 5.41 Å². The molecule has 116 valence electrons. The van der Waals surface area contributed by atoms with Gasteiger partial charge in [0.25, 0.3) is 5.91 Å². The molecule has 1 saturated carbocycles. The van der Waals surface area contributed by atoms with E-state index in [2.05, 4.69) is 39.8 Å². The lowest BCUT2D eigenvalue weighted by molar-refractivity contribution is 0.0941. The fourth-order valence-corrected chi connectivity index (χ4v) is 3.11. The molecule has 1 amide bonds. The van der Waals surface area contributed by atoms with Gasteiger partial charge in [0, 0.05) is 11.9 Å². The van der Waals surface area contributed by atoms with Crippen molar-refractivity contribution in [2.75, 3.05) is 6.54 Å². The third-order valence-corrected chi connectivity index (χ3v) is 4.69. The molecule has 0 atom stereocenters. The lowest BCUT2D eigenvalue weighted by Gasteiger charge is -2.15. The number of rotatable bonds is 5. The van der Waals surface area contributed by atoms with Crippen LogP contribution in [-0.4, -0.2) is 22.6 Å². The Bertz CT molecular complexity index is 834.